The summed E-state index contributed by atoms with van der Waals surface area (Å²) in [7, 11) is 0. The third kappa shape index (κ3) is 3.34. The zero-order valence-electron chi connectivity index (χ0n) is 12.4. The molecule has 2 aromatic rings. The van der Waals surface area contributed by atoms with E-state index in [9.17, 15) is 9.90 Å². The summed E-state index contributed by atoms with van der Waals surface area (Å²) in [6.07, 6.45) is 0. The number of hydrogen-bond donors (Lipinski definition) is 2. The average Bonchev–Trinajstić information content (AvgIpc) is 2.43. The van der Waals surface area contributed by atoms with Gasteiger partial charge in [0.15, 0.2) is 0 Å². The molecule has 1 aromatic heterocycles. The lowest BCUT2D eigenvalue weighted by atomic mass is 10.0. The molecule has 112 valence electrons. The number of pyridine rings is 1. The molecule has 2 N–H and O–H groups in total. The summed E-state index contributed by atoms with van der Waals surface area (Å²) in [5.74, 6) is -0.874. The van der Waals surface area contributed by atoms with Gasteiger partial charge in [0.05, 0.1) is 16.2 Å². The predicted molar refractivity (Wildman–Crippen MR) is 84.6 cm³/mol. The van der Waals surface area contributed by atoms with Crippen molar-refractivity contribution in [1.82, 2.24) is 10.3 Å². The zero-order chi connectivity index (χ0) is 15.6. The van der Waals surface area contributed by atoms with E-state index >= 15 is 0 Å². The lowest BCUT2D eigenvalue weighted by Gasteiger charge is -2.18. The number of aliphatic carboxylic acids is 1. The summed E-state index contributed by atoms with van der Waals surface area (Å²) in [6.45, 7) is 6.02. The van der Waals surface area contributed by atoms with Crippen LogP contribution in [0.25, 0.3) is 10.9 Å². The molecular formula is C16H19ClN2O2. The van der Waals surface area contributed by atoms with Crippen molar-refractivity contribution in [3.8, 4) is 0 Å². The van der Waals surface area contributed by atoms with Gasteiger partial charge in [0.25, 0.3) is 0 Å². The lowest BCUT2D eigenvalue weighted by molar-refractivity contribution is -0.140. The van der Waals surface area contributed by atoms with Crippen molar-refractivity contribution in [1.29, 1.82) is 0 Å². The van der Waals surface area contributed by atoms with E-state index in [1.807, 2.05) is 45.0 Å². The monoisotopic (exact) mass is 306 g/mol. The highest BCUT2D eigenvalue weighted by Crippen LogP contribution is 2.26. The van der Waals surface area contributed by atoms with Crippen LogP contribution in [0.4, 0.5) is 0 Å². The van der Waals surface area contributed by atoms with Gasteiger partial charge in [-0.15, -0.1) is 0 Å². The van der Waals surface area contributed by atoms with E-state index in [1.165, 1.54) is 0 Å². The number of nitrogens with one attached hydrogen (secondary N) is 1. The Morgan fingerprint density at radius 3 is 2.67 bits per heavy atom. The van der Waals surface area contributed by atoms with Crippen LogP contribution in [-0.2, 0) is 11.3 Å². The van der Waals surface area contributed by atoms with Gasteiger partial charge in [0.2, 0.25) is 0 Å². The van der Waals surface area contributed by atoms with Gasteiger partial charge in [-0.2, -0.15) is 0 Å². The Morgan fingerprint density at radius 2 is 2.05 bits per heavy atom. The molecule has 1 aromatic carbocycles. The molecule has 0 aliphatic heterocycles. The van der Waals surface area contributed by atoms with E-state index in [-0.39, 0.29) is 5.92 Å². The number of para-hydroxylation sites is 1. The molecule has 0 fully saturated rings. The van der Waals surface area contributed by atoms with Crippen LogP contribution in [0.1, 0.15) is 25.1 Å². The smallest absolute Gasteiger partial charge is 0.320 e. The Kier molecular flexibility index (Phi) is 4.80. The molecule has 0 aliphatic rings. The van der Waals surface area contributed by atoms with Crippen LogP contribution < -0.4 is 5.32 Å². The first-order valence-corrected chi connectivity index (χ1v) is 7.29. The predicted octanol–water partition coefficient (Wildman–Crippen LogP) is 3.40. The number of aromatic nitrogens is 1. The number of fused-ring (bicyclic) bond motifs is 1. The summed E-state index contributed by atoms with van der Waals surface area (Å²) < 4.78 is 0. The molecule has 0 bridgehead atoms. The van der Waals surface area contributed by atoms with Gasteiger partial charge < -0.3 is 5.11 Å². The van der Waals surface area contributed by atoms with Crippen LogP contribution in [0.2, 0.25) is 5.02 Å². The molecule has 0 saturated carbocycles. The fraction of sp³-hybridized carbons (Fsp3) is 0.375. The number of hydrogen-bond acceptors (Lipinski definition) is 3. The highest BCUT2D eigenvalue weighted by molar-refractivity contribution is 6.32. The highest BCUT2D eigenvalue weighted by atomic mass is 35.5. The second-order valence-electron chi connectivity index (χ2n) is 5.46. The van der Waals surface area contributed by atoms with Crippen molar-refractivity contribution in [2.24, 2.45) is 5.92 Å². The van der Waals surface area contributed by atoms with E-state index < -0.39 is 12.0 Å². The third-order valence-electron chi connectivity index (χ3n) is 3.57. The zero-order valence-corrected chi connectivity index (χ0v) is 13.1. The van der Waals surface area contributed by atoms with Gasteiger partial charge in [-0.25, -0.2) is 4.98 Å². The molecule has 5 heteroatoms. The fourth-order valence-corrected chi connectivity index (χ4v) is 2.56. The molecule has 1 atom stereocenters. The molecule has 21 heavy (non-hydrogen) atoms. The highest BCUT2D eigenvalue weighted by Gasteiger charge is 2.21. The molecule has 2 rings (SSSR count). The maximum absolute atomic E-state index is 11.2. The Labute approximate surface area is 129 Å². The second kappa shape index (κ2) is 6.41. The molecule has 4 nitrogen and oxygen atoms in total. The van der Waals surface area contributed by atoms with Crippen molar-refractivity contribution in [2.45, 2.75) is 33.4 Å². The molecular weight excluding hydrogens is 288 g/mol. The molecule has 0 saturated heterocycles. The number of carboxylic acid groups (broad SMARTS) is 1. The Bertz CT molecular complexity index is 671. The summed E-state index contributed by atoms with van der Waals surface area (Å²) in [5.41, 5.74) is 2.52. The Morgan fingerprint density at radius 1 is 1.38 bits per heavy atom. The molecule has 0 amide bonds. The third-order valence-corrected chi connectivity index (χ3v) is 4.07. The van der Waals surface area contributed by atoms with Gasteiger partial charge in [-0.3, -0.25) is 10.1 Å². The minimum absolute atomic E-state index is 0.0113. The summed E-state index contributed by atoms with van der Waals surface area (Å²) in [5, 5.41) is 13.8. The Hall–Kier alpha value is -1.65. The average molecular weight is 307 g/mol. The molecule has 1 heterocycles. The van der Waals surface area contributed by atoms with E-state index in [4.69, 9.17) is 11.6 Å². The SMILES string of the molecule is Cc1c(Cl)c(CNC(C(=O)O)C(C)C)nc2ccccc12. The summed E-state index contributed by atoms with van der Waals surface area (Å²) in [6, 6.07) is 7.17. The van der Waals surface area contributed by atoms with Crippen molar-refractivity contribution < 1.29 is 9.90 Å². The first-order chi connectivity index (χ1) is 9.91. The molecule has 1 unspecified atom stereocenters. The minimum Gasteiger partial charge on any atom is -0.480 e. The number of rotatable bonds is 5. The van der Waals surface area contributed by atoms with E-state index in [0.29, 0.717) is 17.3 Å². The maximum atomic E-state index is 11.2. The van der Waals surface area contributed by atoms with Crippen molar-refractivity contribution in [3.63, 3.8) is 0 Å². The lowest BCUT2D eigenvalue weighted by Crippen LogP contribution is -2.40. The maximum Gasteiger partial charge on any atom is 0.320 e. The van der Waals surface area contributed by atoms with Gasteiger partial charge in [0.1, 0.15) is 6.04 Å². The number of aryl methyl sites for hydroxylation is 1. The van der Waals surface area contributed by atoms with Crippen LogP contribution in [0, 0.1) is 12.8 Å². The van der Waals surface area contributed by atoms with E-state index in [1.54, 1.807) is 0 Å². The first kappa shape index (κ1) is 15.7. The summed E-state index contributed by atoms with van der Waals surface area (Å²) in [4.78, 5) is 15.7. The van der Waals surface area contributed by atoms with E-state index in [0.717, 1.165) is 16.5 Å². The van der Waals surface area contributed by atoms with Crippen LogP contribution in [-0.4, -0.2) is 22.1 Å². The van der Waals surface area contributed by atoms with Crippen molar-refractivity contribution in [3.05, 3.63) is 40.5 Å². The van der Waals surface area contributed by atoms with Crippen molar-refractivity contribution >= 4 is 28.5 Å². The number of benzene rings is 1. The molecule has 0 spiro atoms. The molecule has 0 radical (unpaired) electrons. The Balaban J connectivity index is 2.30. The van der Waals surface area contributed by atoms with Gasteiger partial charge >= 0.3 is 5.97 Å². The van der Waals surface area contributed by atoms with Crippen LogP contribution in [0.3, 0.4) is 0 Å². The first-order valence-electron chi connectivity index (χ1n) is 6.91. The number of carbonyl (C=O) groups is 1. The van der Waals surface area contributed by atoms with Gasteiger partial charge in [-0.1, -0.05) is 43.6 Å². The largest absolute Gasteiger partial charge is 0.480 e. The fourth-order valence-electron chi connectivity index (χ4n) is 2.35. The normalized spacial score (nSPS) is 12.8. The standard InChI is InChI=1S/C16H19ClN2O2/c1-9(2)15(16(20)21)18-8-13-14(17)10(3)11-6-4-5-7-12(11)19-13/h4-7,9,15,18H,8H2,1-3H3,(H,20,21). The van der Waals surface area contributed by atoms with Crippen LogP contribution >= 0.6 is 11.6 Å². The number of nitrogens with zero attached hydrogens (tertiary/aromatic N) is 1. The van der Waals surface area contributed by atoms with Gasteiger partial charge in [0, 0.05) is 11.9 Å². The van der Waals surface area contributed by atoms with Crippen LogP contribution in [0.5, 0.6) is 0 Å². The minimum atomic E-state index is -0.862. The number of halogens is 1. The quantitative estimate of drug-likeness (QED) is 0.889. The summed E-state index contributed by atoms with van der Waals surface area (Å²) >= 11 is 6.36. The second-order valence-corrected chi connectivity index (χ2v) is 5.83. The topological polar surface area (TPSA) is 62.2 Å². The van der Waals surface area contributed by atoms with Crippen LogP contribution in [0.15, 0.2) is 24.3 Å². The molecule has 0 aliphatic carbocycles. The number of carboxylic acids is 1. The van der Waals surface area contributed by atoms with Crippen molar-refractivity contribution in [2.75, 3.05) is 0 Å². The van der Waals surface area contributed by atoms with Gasteiger partial charge in [-0.05, 0) is 24.5 Å². The van der Waals surface area contributed by atoms with E-state index in [2.05, 4.69) is 10.3 Å².